The molecule has 2 heteroatoms. The third-order valence-electron chi connectivity index (χ3n) is 3.26. The van der Waals surface area contributed by atoms with Crippen LogP contribution in [0.3, 0.4) is 0 Å². The fourth-order valence-electron chi connectivity index (χ4n) is 2.05. The molecule has 1 N–H and O–H groups in total. The van der Waals surface area contributed by atoms with Crippen LogP contribution in [0.1, 0.15) is 51.5 Å². The van der Waals surface area contributed by atoms with Gasteiger partial charge in [0, 0.05) is 6.04 Å². The molecule has 0 aromatic heterocycles. The number of nitrogens with one attached hydrogen (secondary N) is 1. The van der Waals surface area contributed by atoms with Gasteiger partial charge in [0.1, 0.15) is 0 Å². The second-order valence-corrected chi connectivity index (χ2v) is 4.39. The van der Waals surface area contributed by atoms with E-state index in [0.29, 0.717) is 6.04 Å². The van der Waals surface area contributed by atoms with E-state index in [1.165, 1.54) is 0 Å². The van der Waals surface area contributed by atoms with Gasteiger partial charge < -0.3 is 5.32 Å². The van der Waals surface area contributed by atoms with Gasteiger partial charge in [-0.15, -0.1) is 0 Å². The highest BCUT2D eigenvalue weighted by Gasteiger charge is 2.19. The van der Waals surface area contributed by atoms with E-state index < -0.39 is 0 Å². The van der Waals surface area contributed by atoms with Crippen LogP contribution in [0.15, 0.2) is 30.3 Å². The highest BCUT2D eigenvalue weighted by molar-refractivity contribution is 5.83. The summed E-state index contributed by atoms with van der Waals surface area (Å²) in [4.78, 5) is 12.2. The molecule has 0 aliphatic heterocycles. The summed E-state index contributed by atoms with van der Waals surface area (Å²) in [5.74, 6) is 0.143. The first-order chi connectivity index (χ1) is 8.22. The molecule has 0 spiro atoms. The van der Waals surface area contributed by atoms with Crippen molar-refractivity contribution in [2.75, 3.05) is 0 Å². The molecule has 0 aliphatic carbocycles. The molecule has 1 aromatic rings. The Morgan fingerprint density at radius 3 is 2.12 bits per heavy atom. The fourth-order valence-corrected chi connectivity index (χ4v) is 2.05. The number of amides is 1. The molecule has 94 valence electrons. The Kier molecular flexibility index (Phi) is 5.75. The zero-order valence-corrected chi connectivity index (χ0v) is 11.1. The van der Waals surface area contributed by atoms with Crippen LogP contribution in [0.25, 0.3) is 0 Å². The Bertz CT molecular complexity index is 330. The fraction of sp³-hybridized carbons (Fsp3) is 0.533. The summed E-state index contributed by atoms with van der Waals surface area (Å²) in [5.41, 5.74) is 1.11. The molecule has 0 radical (unpaired) electrons. The van der Waals surface area contributed by atoms with Gasteiger partial charge in [-0.25, -0.2) is 0 Å². The zero-order valence-electron chi connectivity index (χ0n) is 11.1. The van der Waals surface area contributed by atoms with Gasteiger partial charge in [-0.2, -0.15) is 0 Å². The number of rotatable bonds is 6. The molecule has 0 fully saturated rings. The molecule has 1 unspecified atom stereocenters. The van der Waals surface area contributed by atoms with Crippen molar-refractivity contribution >= 4 is 5.91 Å². The minimum Gasteiger partial charge on any atom is -0.353 e. The summed E-state index contributed by atoms with van der Waals surface area (Å²) in [7, 11) is 0. The summed E-state index contributed by atoms with van der Waals surface area (Å²) in [6, 6.07) is 10.3. The molecule has 2 nitrogen and oxygen atoms in total. The standard InChI is InChI=1S/C15H23NO/c1-4-13(5-2)16-15(17)14(6-3)12-10-8-7-9-11-12/h7-11,13-14H,4-6H2,1-3H3,(H,16,17). The van der Waals surface area contributed by atoms with Crippen LogP contribution in [0, 0.1) is 0 Å². The van der Waals surface area contributed by atoms with Gasteiger partial charge in [0.15, 0.2) is 0 Å². The Morgan fingerprint density at radius 2 is 1.65 bits per heavy atom. The number of hydrogen-bond donors (Lipinski definition) is 1. The van der Waals surface area contributed by atoms with Crippen LogP contribution in [-0.4, -0.2) is 11.9 Å². The van der Waals surface area contributed by atoms with Gasteiger partial charge in [-0.05, 0) is 24.8 Å². The van der Waals surface area contributed by atoms with Gasteiger partial charge in [-0.3, -0.25) is 4.79 Å². The number of carbonyl (C=O) groups excluding carboxylic acids is 1. The van der Waals surface area contributed by atoms with Gasteiger partial charge in [0.2, 0.25) is 5.91 Å². The summed E-state index contributed by atoms with van der Waals surface area (Å²) in [6.07, 6.45) is 2.83. The van der Waals surface area contributed by atoms with Gasteiger partial charge in [0.05, 0.1) is 5.92 Å². The highest BCUT2D eigenvalue weighted by atomic mass is 16.1. The summed E-state index contributed by atoms with van der Waals surface area (Å²) < 4.78 is 0. The van der Waals surface area contributed by atoms with Crippen LogP contribution in [0.2, 0.25) is 0 Å². The lowest BCUT2D eigenvalue weighted by Gasteiger charge is -2.20. The van der Waals surface area contributed by atoms with Crippen molar-refractivity contribution in [1.29, 1.82) is 0 Å². The molecule has 0 aliphatic rings. The van der Waals surface area contributed by atoms with E-state index in [2.05, 4.69) is 26.1 Å². The molecule has 17 heavy (non-hydrogen) atoms. The van der Waals surface area contributed by atoms with Crippen LogP contribution in [0.4, 0.5) is 0 Å². The predicted octanol–water partition coefficient (Wildman–Crippen LogP) is 3.49. The molecule has 1 rings (SSSR count). The predicted molar refractivity (Wildman–Crippen MR) is 72.0 cm³/mol. The van der Waals surface area contributed by atoms with Crippen LogP contribution in [-0.2, 0) is 4.79 Å². The van der Waals surface area contributed by atoms with E-state index in [4.69, 9.17) is 0 Å². The maximum absolute atomic E-state index is 12.2. The Balaban J connectivity index is 2.71. The molecule has 1 amide bonds. The third-order valence-corrected chi connectivity index (χ3v) is 3.26. The van der Waals surface area contributed by atoms with E-state index in [1.54, 1.807) is 0 Å². The molecule has 0 heterocycles. The monoisotopic (exact) mass is 233 g/mol. The molecule has 1 aromatic carbocycles. The van der Waals surface area contributed by atoms with Crippen LogP contribution >= 0.6 is 0 Å². The average Bonchev–Trinajstić information content (AvgIpc) is 2.38. The summed E-state index contributed by atoms with van der Waals surface area (Å²) in [5, 5.41) is 3.13. The smallest absolute Gasteiger partial charge is 0.227 e. The van der Waals surface area contributed by atoms with Crippen LogP contribution in [0.5, 0.6) is 0 Å². The van der Waals surface area contributed by atoms with Crippen molar-refractivity contribution in [3.63, 3.8) is 0 Å². The Morgan fingerprint density at radius 1 is 1.06 bits per heavy atom. The maximum Gasteiger partial charge on any atom is 0.227 e. The molecular weight excluding hydrogens is 210 g/mol. The molecule has 0 saturated carbocycles. The lowest BCUT2D eigenvalue weighted by atomic mass is 9.95. The van der Waals surface area contributed by atoms with Crippen molar-refractivity contribution in [2.24, 2.45) is 0 Å². The lowest BCUT2D eigenvalue weighted by Crippen LogP contribution is -2.37. The van der Waals surface area contributed by atoms with E-state index in [0.717, 1.165) is 24.8 Å². The van der Waals surface area contributed by atoms with Gasteiger partial charge in [-0.1, -0.05) is 51.1 Å². The molecule has 0 bridgehead atoms. The van der Waals surface area contributed by atoms with Crippen molar-refractivity contribution in [1.82, 2.24) is 5.32 Å². The third kappa shape index (κ3) is 3.88. The minimum absolute atomic E-state index is 0.0169. The van der Waals surface area contributed by atoms with E-state index in [9.17, 15) is 4.79 Å². The second-order valence-electron chi connectivity index (χ2n) is 4.39. The quantitative estimate of drug-likeness (QED) is 0.800. The van der Waals surface area contributed by atoms with E-state index in [-0.39, 0.29) is 11.8 Å². The van der Waals surface area contributed by atoms with Gasteiger partial charge in [0.25, 0.3) is 0 Å². The van der Waals surface area contributed by atoms with E-state index in [1.807, 2.05) is 30.3 Å². The number of hydrogen-bond acceptors (Lipinski definition) is 1. The first kappa shape index (κ1) is 13.8. The molecule has 0 saturated heterocycles. The summed E-state index contributed by atoms with van der Waals surface area (Å²) in [6.45, 7) is 6.28. The average molecular weight is 233 g/mol. The Hall–Kier alpha value is -1.31. The lowest BCUT2D eigenvalue weighted by molar-refractivity contribution is -0.123. The molecular formula is C15H23NO. The normalized spacial score (nSPS) is 12.5. The van der Waals surface area contributed by atoms with E-state index >= 15 is 0 Å². The first-order valence-corrected chi connectivity index (χ1v) is 6.58. The second kappa shape index (κ2) is 7.10. The summed E-state index contributed by atoms with van der Waals surface area (Å²) >= 11 is 0. The number of carbonyl (C=O) groups is 1. The van der Waals surface area contributed by atoms with Crippen LogP contribution < -0.4 is 5.32 Å². The zero-order chi connectivity index (χ0) is 12.7. The topological polar surface area (TPSA) is 29.1 Å². The van der Waals surface area contributed by atoms with Gasteiger partial charge >= 0.3 is 0 Å². The largest absolute Gasteiger partial charge is 0.353 e. The number of benzene rings is 1. The Labute approximate surface area is 104 Å². The minimum atomic E-state index is -0.0169. The first-order valence-electron chi connectivity index (χ1n) is 6.58. The van der Waals surface area contributed by atoms with Crippen molar-refractivity contribution in [2.45, 2.75) is 52.0 Å². The molecule has 1 atom stereocenters. The highest BCUT2D eigenvalue weighted by Crippen LogP contribution is 2.19. The SMILES string of the molecule is CCC(CC)NC(=O)C(CC)c1ccccc1. The van der Waals surface area contributed by atoms with Crippen molar-refractivity contribution < 1.29 is 4.79 Å². The maximum atomic E-state index is 12.2. The van der Waals surface area contributed by atoms with Crippen molar-refractivity contribution in [3.05, 3.63) is 35.9 Å². The van der Waals surface area contributed by atoms with Crippen molar-refractivity contribution in [3.8, 4) is 0 Å².